The highest BCUT2D eigenvalue weighted by Gasteiger charge is 2.19. The summed E-state index contributed by atoms with van der Waals surface area (Å²) in [7, 11) is 1.92. The SMILES string of the molecule is CCc1nn(C)cc1-n1c(C(C)Cl)nc2cnccc21. The minimum Gasteiger partial charge on any atom is -0.291 e. The first-order chi connectivity index (χ1) is 9.61. The highest BCUT2D eigenvalue weighted by Crippen LogP contribution is 2.29. The highest BCUT2D eigenvalue weighted by molar-refractivity contribution is 6.20. The molecule has 0 bridgehead atoms. The predicted octanol–water partition coefficient (Wildman–Crippen LogP) is 3.02. The maximum absolute atomic E-state index is 6.30. The van der Waals surface area contributed by atoms with Gasteiger partial charge < -0.3 is 0 Å². The summed E-state index contributed by atoms with van der Waals surface area (Å²) in [5.74, 6) is 0.817. The summed E-state index contributed by atoms with van der Waals surface area (Å²) in [6.45, 7) is 4.02. The predicted molar refractivity (Wildman–Crippen MR) is 79.3 cm³/mol. The van der Waals surface area contributed by atoms with Crippen LogP contribution in [-0.2, 0) is 13.5 Å². The van der Waals surface area contributed by atoms with Gasteiger partial charge in [-0.25, -0.2) is 4.98 Å². The number of alkyl halides is 1. The van der Waals surface area contributed by atoms with Crippen molar-refractivity contribution in [3.63, 3.8) is 0 Å². The molecule has 0 spiro atoms. The van der Waals surface area contributed by atoms with Crippen LogP contribution < -0.4 is 0 Å². The number of aryl methyl sites for hydroxylation is 2. The Morgan fingerprint density at radius 1 is 1.40 bits per heavy atom. The average molecular weight is 290 g/mol. The first kappa shape index (κ1) is 13.1. The van der Waals surface area contributed by atoms with Crippen molar-refractivity contribution in [3.8, 4) is 5.69 Å². The number of aromatic nitrogens is 5. The third-order valence-electron chi connectivity index (χ3n) is 3.30. The van der Waals surface area contributed by atoms with Crippen LogP contribution in [0.4, 0.5) is 0 Å². The second-order valence-electron chi connectivity index (χ2n) is 4.77. The Hall–Kier alpha value is -1.88. The minimum absolute atomic E-state index is 0.188. The molecule has 0 saturated carbocycles. The molecule has 6 heteroatoms. The number of nitrogens with zero attached hydrogens (tertiary/aromatic N) is 5. The maximum Gasteiger partial charge on any atom is 0.132 e. The van der Waals surface area contributed by atoms with Gasteiger partial charge in [-0.05, 0) is 19.4 Å². The number of pyridine rings is 1. The topological polar surface area (TPSA) is 48.5 Å². The van der Waals surface area contributed by atoms with Crippen LogP contribution in [-0.4, -0.2) is 24.3 Å². The molecule has 0 N–H and O–H groups in total. The van der Waals surface area contributed by atoms with E-state index in [1.165, 1.54) is 0 Å². The van der Waals surface area contributed by atoms with Crippen LogP contribution in [0.5, 0.6) is 0 Å². The highest BCUT2D eigenvalue weighted by atomic mass is 35.5. The molecule has 0 fully saturated rings. The summed E-state index contributed by atoms with van der Waals surface area (Å²) in [5, 5.41) is 4.31. The molecule has 0 saturated heterocycles. The van der Waals surface area contributed by atoms with Crippen molar-refractivity contribution >= 4 is 22.6 Å². The monoisotopic (exact) mass is 289 g/mol. The molecule has 3 aromatic heterocycles. The van der Waals surface area contributed by atoms with Crippen molar-refractivity contribution in [2.75, 3.05) is 0 Å². The van der Waals surface area contributed by atoms with Gasteiger partial charge in [0.15, 0.2) is 0 Å². The van der Waals surface area contributed by atoms with Crippen molar-refractivity contribution in [1.29, 1.82) is 0 Å². The second kappa shape index (κ2) is 4.90. The zero-order valence-electron chi connectivity index (χ0n) is 11.7. The van der Waals surface area contributed by atoms with Gasteiger partial charge in [-0.3, -0.25) is 14.2 Å². The molecule has 0 amide bonds. The van der Waals surface area contributed by atoms with E-state index >= 15 is 0 Å². The fraction of sp³-hybridized carbons (Fsp3) is 0.357. The summed E-state index contributed by atoms with van der Waals surface area (Å²) in [6.07, 6.45) is 6.39. The van der Waals surface area contributed by atoms with E-state index in [4.69, 9.17) is 11.6 Å². The molecule has 104 valence electrons. The lowest BCUT2D eigenvalue weighted by Crippen LogP contribution is -2.03. The zero-order valence-corrected chi connectivity index (χ0v) is 12.5. The number of hydrogen-bond acceptors (Lipinski definition) is 3. The lowest BCUT2D eigenvalue weighted by Gasteiger charge is -2.09. The van der Waals surface area contributed by atoms with E-state index in [-0.39, 0.29) is 5.38 Å². The summed E-state index contributed by atoms with van der Waals surface area (Å²) in [4.78, 5) is 8.73. The van der Waals surface area contributed by atoms with Gasteiger partial charge in [-0.1, -0.05) is 6.92 Å². The van der Waals surface area contributed by atoms with Gasteiger partial charge in [-0.15, -0.1) is 11.6 Å². The molecule has 3 heterocycles. The minimum atomic E-state index is -0.188. The molecule has 20 heavy (non-hydrogen) atoms. The van der Waals surface area contributed by atoms with Crippen LogP contribution >= 0.6 is 11.6 Å². The van der Waals surface area contributed by atoms with E-state index in [0.29, 0.717) is 0 Å². The molecular formula is C14H16ClN5. The maximum atomic E-state index is 6.30. The van der Waals surface area contributed by atoms with E-state index in [2.05, 4.69) is 26.6 Å². The van der Waals surface area contributed by atoms with Gasteiger partial charge in [0, 0.05) is 19.4 Å². The van der Waals surface area contributed by atoms with Gasteiger partial charge in [-0.2, -0.15) is 5.10 Å². The van der Waals surface area contributed by atoms with E-state index in [1.54, 1.807) is 12.4 Å². The van der Waals surface area contributed by atoms with Crippen molar-refractivity contribution in [2.24, 2.45) is 7.05 Å². The smallest absolute Gasteiger partial charge is 0.132 e. The van der Waals surface area contributed by atoms with Crippen LogP contribution in [0, 0.1) is 0 Å². The van der Waals surface area contributed by atoms with Crippen LogP contribution in [0.25, 0.3) is 16.7 Å². The van der Waals surface area contributed by atoms with Crippen molar-refractivity contribution < 1.29 is 0 Å². The molecule has 0 aliphatic carbocycles. The number of halogens is 1. The van der Waals surface area contributed by atoms with Crippen LogP contribution in [0.2, 0.25) is 0 Å². The Kier molecular flexibility index (Phi) is 3.22. The Balaban J connectivity index is 2.36. The third kappa shape index (κ3) is 1.98. The molecule has 3 rings (SSSR count). The van der Waals surface area contributed by atoms with Crippen molar-refractivity contribution in [1.82, 2.24) is 24.3 Å². The van der Waals surface area contributed by atoms with E-state index in [1.807, 2.05) is 30.9 Å². The van der Waals surface area contributed by atoms with Crippen LogP contribution in [0.15, 0.2) is 24.7 Å². The Morgan fingerprint density at radius 2 is 2.20 bits per heavy atom. The van der Waals surface area contributed by atoms with Crippen LogP contribution in [0.1, 0.15) is 30.7 Å². The molecule has 0 radical (unpaired) electrons. The molecule has 1 atom stereocenters. The molecule has 3 aromatic rings. The van der Waals surface area contributed by atoms with Gasteiger partial charge in [0.2, 0.25) is 0 Å². The molecule has 0 aliphatic rings. The largest absolute Gasteiger partial charge is 0.291 e. The summed E-state index contributed by atoms with van der Waals surface area (Å²) in [5.41, 5.74) is 3.92. The van der Waals surface area contributed by atoms with Gasteiger partial charge >= 0.3 is 0 Å². The first-order valence-electron chi connectivity index (χ1n) is 6.61. The number of imidazole rings is 1. The Morgan fingerprint density at radius 3 is 2.90 bits per heavy atom. The summed E-state index contributed by atoms with van der Waals surface area (Å²) in [6, 6.07) is 1.96. The van der Waals surface area contributed by atoms with E-state index < -0.39 is 0 Å². The number of fused-ring (bicyclic) bond motifs is 1. The third-order valence-corrected chi connectivity index (χ3v) is 3.49. The quantitative estimate of drug-likeness (QED) is 0.696. The fourth-order valence-electron chi connectivity index (χ4n) is 2.43. The standard InChI is InChI=1S/C14H16ClN5/c1-4-10-13(8-19(3)18-10)20-12-5-6-16-7-11(12)17-14(20)9(2)15/h5-9H,4H2,1-3H3. The normalized spacial score (nSPS) is 13.0. The fourth-order valence-corrected chi connectivity index (χ4v) is 2.58. The second-order valence-corrected chi connectivity index (χ2v) is 5.43. The molecule has 0 aliphatic heterocycles. The van der Waals surface area contributed by atoms with Gasteiger partial charge in [0.05, 0.1) is 28.5 Å². The van der Waals surface area contributed by atoms with E-state index in [0.717, 1.165) is 34.7 Å². The molecular weight excluding hydrogens is 274 g/mol. The molecule has 5 nitrogen and oxygen atoms in total. The molecule has 1 unspecified atom stereocenters. The van der Waals surface area contributed by atoms with Crippen molar-refractivity contribution in [3.05, 3.63) is 36.2 Å². The average Bonchev–Trinajstić information content (AvgIpc) is 2.98. The Bertz CT molecular complexity index is 756. The molecule has 0 aromatic carbocycles. The van der Waals surface area contributed by atoms with E-state index in [9.17, 15) is 0 Å². The number of rotatable bonds is 3. The zero-order chi connectivity index (χ0) is 14.3. The lowest BCUT2D eigenvalue weighted by molar-refractivity contribution is 0.746. The number of hydrogen-bond donors (Lipinski definition) is 0. The first-order valence-corrected chi connectivity index (χ1v) is 7.04. The van der Waals surface area contributed by atoms with Crippen LogP contribution in [0.3, 0.4) is 0 Å². The summed E-state index contributed by atoms with van der Waals surface area (Å²) >= 11 is 6.30. The van der Waals surface area contributed by atoms with Gasteiger partial charge in [0.25, 0.3) is 0 Å². The van der Waals surface area contributed by atoms with Crippen molar-refractivity contribution in [2.45, 2.75) is 25.6 Å². The summed E-state index contributed by atoms with van der Waals surface area (Å²) < 4.78 is 3.91. The lowest BCUT2D eigenvalue weighted by atomic mass is 10.2. The Labute approximate surface area is 122 Å². The van der Waals surface area contributed by atoms with Gasteiger partial charge in [0.1, 0.15) is 11.3 Å².